The third kappa shape index (κ3) is 1.74. The van der Waals surface area contributed by atoms with E-state index in [0.717, 1.165) is 11.1 Å². The molecule has 102 valence electrons. The lowest BCUT2D eigenvalue weighted by atomic mass is 9.73. The van der Waals surface area contributed by atoms with Gasteiger partial charge in [0.2, 0.25) is 5.91 Å². The molecular weight excluding hydrogens is 250 g/mol. The van der Waals surface area contributed by atoms with Crippen LogP contribution >= 0.6 is 0 Å². The zero-order chi connectivity index (χ0) is 14.2. The van der Waals surface area contributed by atoms with Gasteiger partial charge in [0.15, 0.2) is 0 Å². The lowest BCUT2D eigenvalue weighted by Gasteiger charge is -2.28. The number of amides is 1. The Kier molecular flexibility index (Phi) is 3.07. The van der Waals surface area contributed by atoms with E-state index in [-0.39, 0.29) is 5.91 Å². The highest BCUT2D eigenvalue weighted by molar-refractivity contribution is 5.94. The molecule has 0 saturated carbocycles. The SMILES string of the molecule is CN1C(=O)C(c2ccccc2)(c2ccccc2)CC1O. The number of hydrogen-bond acceptors (Lipinski definition) is 2. The van der Waals surface area contributed by atoms with Gasteiger partial charge in [0, 0.05) is 13.5 Å². The van der Waals surface area contributed by atoms with Crippen molar-refractivity contribution < 1.29 is 9.90 Å². The van der Waals surface area contributed by atoms with E-state index in [1.165, 1.54) is 4.90 Å². The fourth-order valence-electron chi connectivity index (χ4n) is 3.03. The Morgan fingerprint density at radius 1 is 1.00 bits per heavy atom. The minimum absolute atomic E-state index is 0.0533. The molecule has 2 aromatic rings. The summed E-state index contributed by atoms with van der Waals surface area (Å²) in [6.45, 7) is 0. The second-order valence-corrected chi connectivity index (χ2v) is 5.24. The predicted octanol–water partition coefficient (Wildman–Crippen LogP) is 2.15. The maximum absolute atomic E-state index is 12.8. The van der Waals surface area contributed by atoms with E-state index >= 15 is 0 Å². The first-order valence-corrected chi connectivity index (χ1v) is 6.72. The van der Waals surface area contributed by atoms with Crippen molar-refractivity contribution >= 4 is 5.91 Å². The quantitative estimate of drug-likeness (QED) is 0.905. The molecule has 20 heavy (non-hydrogen) atoms. The topological polar surface area (TPSA) is 40.5 Å². The van der Waals surface area contributed by atoms with E-state index in [4.69, 9.17) is 0 Å². The average molecular weight is 267 g/mol. The molecule has 0 aliphatic carbocycles. The molecule has 0 spiro atoms. The molecule has 1 fully saturated rings. The zero-order valence-electron chi connectivity index (χ0n) is 11.4. The van der Waals surface area contributed by atoms with E-state index in [0.29, 0.717) is 6.42 Å². The van der Waals surface area contributed by atoms with Gasteiger partial charge in [-0.25, -0.2) is 0 Å². The van der Waals surface area contributed by atoms with Gasteiger partial charge in [0.25, 0.3) is 0 Å². The van der Waals surface area contributed by atoms with Gasteiger partial charge in [-0.2, -0.15) is 0 Å². The van der Waals surface area contributed by atoms with Crippen molar-refractivity contribution in [3.8, 4) is 0 Å². The first kappa shape index (κ1) is 12.9. The summed E-state index contributed by atoms with van der Waals surface area (Å²) in [6, 6.07) is 19.4. The predicted molar refractivity (Wildman–Crippen MR) is 77.1 cm³/mol. The van der Waals surface area contributed by atoms with Gasteiger partial charge in [-0.1, -0.05) is 60.7 Å². The number of aliphatic hydroxyl groups excluding tert-OH is 1. The minimum Gasteiger partial charge on any atom is -0.373 e. The summed E-state index contributed by atoms with van der Waals surface area (Å²) in [5.74, 6) is -0.0533. The third-order valence-corrected chi connectivity index (χ3v) is 4.15. The van der Waals surface area contributed by atoms with Crippen LogP contribution in [-0.4, -0.2) is 29.2 Å². The number of aliphatic hydroxyl groups is 1. The van der Waals surface area contributed by atoms with Gasteiger partial charge in [-0.05, 0) is 11.1 Å². The largest absolute Gasteiger partial charge is 0.373 e. The maximum Gasteiger partial charge on any atom is 0.239 e. The number of carbonyl (C=O) groups is 1. The van der Waals surface area contributed by atoms with Gasteiger partial charge in [0.1, 0.15) is 11.6 Å². The summed E-state index contributed by atoms with van der Waals surface area (Å²) in [4.78, 5) is 14.2. The Balaban J connectivity index is 2.22. The highest BCUT2D eigenvalue weighted by atomic mass is 16.3. The van der Waals surface area contributed by atoms with Crippen LogP contribution in [0.15, 0.2) is 60.7 Å². The Morgan fingerprint density at radius 3 is 1.80 bits per heavy atom. The first-order chi connectivity index (χ1) is 9.66. The van der Waals surface area contributed by atoms with Crippen LogP contribution in [0.5, 0.6) is 0 Å². The second kappa shape index (κ2) is 4.76. The smallest absolute Gasteiger partial charge is 0.239 e. The summed E-state index contributed by atoms with van der Waals surface area (Å²) in [5, 5.41) is 10.1. The van der Waals surface area contributed by atoms with Gasteiger partial charge >= 0.3 is 0 Å². The molecule has 0 bridgehead atoms. The van der Waals surface area contributed by atoms with Crippen LogP contribution in [0.3, 0.4) is 0 Å². The lowest BCUT2D eigenvalue weighted by molar-refractivity contribution is -0.134. The summed E-state index contributed by atoms with van der Waals surface area (Å²) < 4.78 is 0. The highest BCUT2D eigenvalue weighted by Crippen LogP contribution is 2.43. The Bertz CT molecular complexity index is 570. The third-order valence-electron chi connectivity index (χ3n) is 4.15. The molecular formula is C17H17NO2. The fourth-order valence-corrected chi connectivity index (χ4v) is 3.03. The van der Waals surface area contributed by atoms with Gasteiger partial charge < -0.3 is 10.0 Å². The first-order valence-electron chi connectivity index (χ1n) is 6.72. The van der Waals surface area contributed by atoms with E-state index in [2.05, 4.69) is 0 Å². The van der Waals surface area contributed by atoms with E-state index in [9.17, 15) is 9.90 Å². The molecule has 1 aliphatic heterocycles. The number of carbonyl (C=O) groups excluding carboxylic acids is 1. The number of likely N-dealkylation sites (N-methyl/N-ethyl adjacent to an activating group) is 1. The van der Waals surface area contributed by atoms with Crippen molar-refractivity contribution in [1.82, 2.24) is 4.90 Å². The molecule has 1 atom stereocenters. The summed E-state index contributed by atoms with van der Waals surface area (Å²) in [6.07, 6.45) is -0.362. The zero-order valence-corrected chi connectivity index (χ0v) is 11.4. The Hall–Kier alpha value is -2.13. The molecule has 0 aromatic heterocycles. The standard InChI is InChI=1S/C17H17NO2/c1-18-15(19)12-17(16(18)20,13-8-4-2-5-9-13)14-10-6-3-7-11-14/h2-11,15,19H,12H2,1H3. The highest BCUT2D eigenvalue weighted by Gasteiger charge is 2.52. The van der Waals surface area contributed by atoms with Crippen molar-refractivity contribution in [2.24, 2.45) is 0 Å². The molecule has 3 nitrogen and oxygen atoms in total. The van der Waals surface area contributed by atoms with Gasteiger partial charge in [0.05, 0.1) is 0 Å². The number of nitrogens with zero attached hydrogens (tertiary/aromatic N) is 1. The molecule has 2 aromatic carbocycles. The normalized spacial score (nSPS) is 21.2. The molecule has 1 saturated heterocycles. The van der Waals surface area contributed by atoms with Crippen LogP contribution in [0, 0.1) is 0 Å². The average Bonchev–Trinajstić information content (AvgIpc) is 2.74. The minimum atomic E-state index is -0.781. The monoisotopic (exact) mass is 267 g/mol. The number of hydrogen-bond donors (Lipinski definition) is 1. The molecule has 3 rings (SSSR count). The molecule has 1 unspecified atom stereocenters. The summed E-state index contributed by atoms with van der Waals surface area (Å²) in [7, 11) is 1.65. The van der Waals surface area contributed by atoms with Crippen molar-refractivity contribution in [3.63, 3.8) is 0 Å². The van der Waals surface area contributed by atoms with Crippen LogP contribution in [0.4, 0.5) is 0 Å². The second-order valence-electron chi connectivity index (χ2n) is 5.24. The van der Waals surface area contributed by atoms with Crippen molar-refractivity contribution in [3.05, 3.63) is 71.8 Å². The Morgan fingerprint density at radius 2 is 1.45 bits per heavy atom. The molecule has 0 radical (unpaired) electrons. The lowest BCUT2D eigenvalue weighted by Crippen LogP contribution is -2.37. The van der Waals surface area contributed by atoms with Crippen LogP contribution < -0.4 is 0 Å². The van der Waals surface area contributed by atoms with Crippen molar-refractivity contribution in [1.29, 1.82) is 0 Å². The van der Waals surface area contributed by atoms with Gasteiger partial charge in [-0.15, -0.1) is 0 Å². The van der Waals surface area contributed by atoms with Crippen molar-refractivity contribution in [2.75, 3.05) is 7.05 Å². The van der Waals surface area contributed by atoms with Crippen LogP contribution in [-0.2, 0) is 10.2 Å². The fraction of sp³-hybridized carbons (Fsp3) is 0.235. The van der Waals surface area contributed by atoms with Crippen LogP contribution in [0.2, 0.25) is 0 Å². The summed E-state index contributed by atoms with van der Waals surface area (Å²) >= 11 is 0. The molecule has 3 heteroatoms. The number of likely N-dealkylation sites (tertiary alicyclic amines) is 1. The molecule has 1 amide bonds. The molecule has 1 N–H and O–H groups in total. The van der Waals surface area contributed by atoms with Crippen molar-refractivity contribution in [2.45, 2.75) is 18.1 Å². The summed E-state index contributed by atoms with van der Waals surface area (Å²) in [5.41, 5.74) is 1.08. The van der Waals surface area contributed by atoms with E-state index < -0.39 is 11.6 Å². The Labute approximate surface area is 118 Å². The van der Waals surface area contributed by atoms with Crippen LogP contribution in [0.1, 0.15) is 17.5 Å². The van der Waals surface area contributed by atoms with E-state index in [1.807, 2.05) is 60.7 Å². The van der Waals surface area contributed by atoms with Crippen LogP contribution in [0.25, 0.3) is 0 Å². The number of benzene rings is 2. The molecule has 1 heterocycles. The maximum atomic E-state index is 12.8. The molecule has 1 aliphatic rings. The van der Waals surface area contributed by atoms with E-state index in [1.54, 1.807) is 7.05 Å². The number of rotatable bonds is 2. The van der Waals surface area contributed by atoms with Gasteiger partial charge in [-0.3, -0.25) is 4.79 Å².